The minimum Gasteiger partial charge on any atom is -0.379 e. The molecule has 5 aliphatic rings. The quantitative estimate of drug-likeness (QED) is 0.321. The van der Waals surface area contributed by atoms with Gasteiger partial charge in [0.15, 0.2) is 0 Å². The van der Waals surface area contributed by atoms with Gasteiger partial charge in [0.05, 0.1) is 23.0 Å². The van der Waals surface area contributed by atoms with Crippen LogP contribution in [0.3, 0.4) is 0 Å². The maximum Gasteiger partial charge on any atom is 0.282 e. The SMILES string of the molecule is CN1C[C@H](Nc2cnn(C)c(=O)c2Br)C[C@H](c2ccc(C(=O)N3CCC(CN4CCN(c5ccc6c(c5)C(=O)N(C5CCC(=O)NC5=O)C6=O)CC4)CC3)cc2)C1. The average molecular weight is 843 g/mol. The molecule has 1 unspecified atom stereocenters. The molecule has 0 saturated carbocycles. The molecule has 15 nitrogen and oxygen atoms in total. The topological polar surface area (TPSA) is 160 Å². The standard InChI is InChI=1S/C41H48BrN9O6/c1-46-23-28(19-29(24-46)44-33-21-43-47(2)41(57)36(33)42)26-3-5-27(6-4-26)38(54)50-13-11-25(12-14-50)22-48-15-17-49(18-16-48)30-7-8-31-32(20-30)40(56)51(39(31)55)34-9-10-35(52)45-37(34)53/h3-8,20-21,25,28-29,34,44H,9-19,22-24H2,1-2H3,(H,45,52,53)/t28-,29+,34?/m0/s1. The number of carbonyl (C=O) groups excluding carboxylic acids is 5. The highest BCUT2D eigenvalue weighted by molar-refractivity contribution is 9.10. The molecule has 0 spiro atoms. The third-order valence-corrected chi connectivity index (χ3v) is 13.0. The van der Waals surface area contributed by atoms with Gasteiger partial charge >= 0.3 is 0 Å². The lowest BCUT2D eigenvalue weighted by Crippen LogP contribution is -2.54. The van der Waals surface area contributed by atoms with Crippen LogP contribution in [0.25, 0.3) is 0 Å². The first-order valence-corrected chi connectivity index (χ1v) is 20.6. The van der Waals surface area contributed by atoms with E-state index >= 15 is 0 Å². The number of likely N-dealkylation sites (N-methyl/N-ethyl adjacent to an activating group) is 1. The molecule has 300 valence electrons. The average Bonchev–Trinajstić information content (AvgIpc) is 3.46. The number of piperazine rings is 1. The first-order chi connectivity index (χ1) is 27.4. The maximum atomic E-state index is 13.6. The van der Waals surface area contributed by atoms with Crippen molar-refractivity contribution < 1.29 is 24.0 Å². The van der Waals surface area contributed by atoms with Crippen LogP contribution < -0.4 is 21.1 Å². The molecule has 1 aromatic heterocycles. The Morgan fingerprint density at radius 3 is 2.32 bits per heavy atom. The fraction of sp³-hybridized carbons (Fsp3) is 0.488. The van der Waals surface area contributed by atoms with Crippen molar-refractivity contribution in [1.82, 2.24) is 34.7 Å². The number of nitrogens with zero attached hydrogens (tertiary/aromatic N) is 7. The fourth-order valence-electron chi connectivity index (χ4n) is 9.11. The number of hydrogen-bond donors (Lipinski definition) is 2. The Bertz CT molecular complexity index is 2140. The number of anilines is 2. The molecule has 0 bridgehead atoms. The van der Waals surface area contributed by atoms with E-state index in [1.807, 2.05) is 23.1 Å². The zero-order chi connectivity index (χ0) is 40.0. The first kappa shape index (κ1) is 38.9. The van der Waals surface area contributed by atoms with Gasteiger partial charge in [-0.05, 0) is 96.4 Å². The van der Waals surface area contributed by atoms with Gasteiger partial charge in [0.25, 0.3) is 23.3 Å². The Labute approximate surface area is 339 Å². The zero-order valence-corrected chi connectivity index (χ0v) is 33.9. The minimum absolute atomic E-state index is 0.0756. The van der Waals surface area contributed by atoms with Gasteiger partial charge in [0, 0.05) is 89.7 Å². The van der Waals surface area contributed by atoms with Crippen molar-refractivity contribution in [3.8, 4) is 0 Å². The molecule has 4 fully saturated rings. The van der Waals surface area contributed by atoms with Crippen LogP contribution in [-0.2, 0) is 16.6 Å². The van der Waals surface area contributed by atoms with Crippen molar-refractivity contribution in [2.24, 2.45) is 13.0 Å². The van der Waals surface area contributed by atoms with E-state index in [-0.39, 0.29) is 41.8 Å². The number of rotatable bonds is 8. The van der Waals surface area contributed by atoms with E-state index in [1.165, 1.54) is 10.2 Å². The van der Waals surface area contributed by atoms with Crippen LogP contribution in [0.5, 0.6) is 0 Å². The molecule has 5 amide bonds. The summed E-state index contributed by atoms with van der Waals surface area (Å²) in [4.78, 5) is 86.4. The van der Waals surface area contributed by atoms with Crippen molar-refractivity contribution in [3.05, 3.63) is 85.7 Å². The second-order valence-electron chi connectivity index (χ2n) is 16.1. The molecule has 4 saturated heterocycles. The molecule has 5 aliphatic heterocycles. The second kappa shape index (κ2) is 16.1. The third-order valence-electron chi connectivity index (χ3n) is 12.3. The van der Waals surface area contributed by atoms with Crippen LogP contribution in [-0.4, -0.2) is 137 Å². The van der Waals surface area contributed by atoms with Crippen molar-refractivity contribution in [3.63, 3.8) is 0 Å². The van der Waals surface area contributed by atoms with Crippen LogP contribution >= 0.6 is 15.9 Å². The number of aromatic nitrogens is 2. The first-order valence-electron chi connectivity index (χ1n) is 19.8. The third kappa shape index (κ3) is 7.99. The molecule has 2 N–H and O–H groups in total. The Morgan fingerprint density at radius 2 is 1.60 bits per heavy atom. The van der Waals surface area contributed by atoms with Crippen LogP contribution in [0.4, 0.5) is 11.4 Å². The summed E-state index contributed by atoms with van der Waals surface area (Å²) in [5, 5.41) is 9.92. The number of imide groups is 2. The van der Waals surface area contributed by atoms with Gasteiger partial charge in [-0.15, -0.1) is 0 Å². The summed E-state index contributed by atoms with van der Waals surface area (Å²) in [7, 11) is 3.73. The molecule has 57 heavy (non-hydrogen) atoms. The number of halogens is 1. The van der Waals surface area contributed by atoms with Gasteiger partial charge in [-0.1, -0.05) is 12.1 Å². The van der Waals surface area contributed by atoms with Crippen LogP contribution in [0.15, 0.2) is 57.9 Å². The van der Waals surface area contributed by atoms with E-state index < -0.39 is 29.7 Å². The summed E-state index contributed by atoms with van der Waals surface area (Å²) in [6.07, 6.45) is 4.70. The Morgan fingerprint density at radius 1 is 0.877 bits per heavy atom. The number of aryl methyl sites for hydroxylation is 1. The van der Waals surface area contributed by atoms with Crippen molar-refractivity contribution in [1.29, 1.82) is 0 Å². The number of benzene rings is 2. The van der Waals surface area contributed by atoms with Crippen LogP contribution in [0, 0.1) is 5.92 Å². The smallest absolute Gasteiger partial charge is 0.282 e. The summed E-state index contributed by atoms with van der Waals surface area (Å²) < 4.78 is 1.78. The van der Waals surface area contributed by atoms with Crippen LogP contribution in [0.2, 0.25) is 0 Å². The maximum absolute atomic E-state index is 13.6. The molecule has 16 heteroatoms. The minimum atomic E-state index is -0.978. The lowest BCUT2D eigenvalue weighted by molar-refractivity contribution is -0.136. The summed E-state index contributed by atoms with van der Waals surface area (Å²) in [6.45, 7) is 7.49. The highest BCUT2D eigenvalue weighted by Crippen LogP contribution is 2.33. The Hall–Kier alpha value is -4.93. The molecule has 0 aliphatic carbocycles. The molecule has 3 aromatic rings. The summed E-state index contributed by atoms with van der Waals surface area (Å²) >= 11 is 3.42. The molecule has 0 radical (unpaired) electrons. The summed E-state index contributed by atoms with van der Waals surface area (Å²) in [5.74, 6) is -1.13. The zero-order valence-electron chi connectivity index (χ0n) is 32.3. The number of piperidine rings is 3. The number of nitrogens with one attached hydrogen (secondary N) is 2. The Kier molecular flexibility index (Phi) is 11.0. The highest BCUT2D eigenvalue weighted by Gasteiger charge is 2.45. The largest absolute Gasteiger partial charge is 0.379 e. The lowest BCUT2D eigenvalue weighted by Gasteiger charge is -2.39. The second-order valence-corrected chi connectivity index (χ2v) is 16.9. The highest BCUT2D eigenvalue weighted by atomic mass is 79.9. The monoisotopic (exact) mass is 841 g/mol. The van der Waals surface area contributed by atoms with Crippen LogP contribution in [0.1, 0.15) is 74.7 Å². The predicted molar refractivity (Wildman–Crippen MR) is 216 cm³/mol. The number of amides is 5. The molecular formula is C41H48BrN9O6. The Balaban J connectivity index is 0.796. The molecule has 6 heterocycles. The number of likely N-dealkylation sites (tertiary alicyclic amines) is 2. The summed E-state index contributed by atoms with van der Waals surface area (Å²) in [6, 6.07) is 12.6. The van der Waals surface area contributed by atoms with Gasteiger partial charge < -0.3 is 20.0 Å². The lowest BCUT2D eigenvalue weighted by atomic mass is 9.87. The molecule has 3 atom stereocenters. The summed E-state index contributed by atoms with van der Waals surface area (Å²) in [5.41, 5.74) is 3.88. The van der Waals surface area contributed by atoms with E-state index in [0.717, 1.165) is 88.8 Å². The van der Waals surface area contributed by atoms with Gasteiger partial charge in [-0.25, -0.2) is 4.68 Å². The van der Waals surface area contributed by atoms with Crippen molar-refractivity contribution in [2.45, 2.75) is 50.1 Å². The van der Waals surface area contributed by atoms with Gasteiger partial charge in [-0.2, -0.15) is 5.10 Å². The van der Waals surface area contributed by atoms with Crippen molar-refractivity contribution >= 4 is 56.8 Å². The number of carbonyl (C=O) groups is 5. The molecule has 8 rings (SSSR count). The van der Waals surface area contributed by atoms with E-state index in [1.54, 1.807) is 25.4 Å². The van der Waals surface area contributed by atoms with E-state index in [0.29, 0.717) is 27.2 Å². The van der Waals surface area contributed by atoms with Crippen molar-refractivity contribution in [2.75, 3.05) is 76.2 Å². The van der Waals surface area contributed by atoms with Gasteiger partial charge in [0.1, 0.15) is 10.5 Å². The molecular weight excluding hydrogens is 794 g/mol. The van der Waals surface area contributed by atoms with E-state index in [4.69, 9.17) is 0 Å². The van der Waals surface area contributed by atoms with E-state index in [2.05, 4.69) is 65.5 Å². The van der Waals surface area contributed by atoms with Gasteiger partial charge in [-0.3, -0.25) is 43.9 Å². The van der Waals surface area contributed by atoms with E-state index in [9.17, 15) is 28.8 Å². The number of hydrogen-bond acceptors (Lipinski definition) is 11. The van der Waals surface area contributed by atoms with Gasteiger partial charge in [0.2, 0.25) is 11.8 Å². The normalized spacial score (nSPS) is 23.8. The predicted octanol–water partition coefficient (Wildman–Crippen LogP) is 2.52. The molecule has 2 aromatic carbocycles. The number of fused-ring (bicyclic) bond motifs is 1. The fourth-order valence-corrected chi connectivity index (χ4v) is 9.58.